The van der Waals surface area contributed by atoms with Crippen LogP contribution in [0.2, 0.25) is 5.02 Å². The predicted octanol–water partition coefficient (Wildman–Crippen LogP) is 3.68. The Hall–Kier alpha value is -0.530. The van der Waals surface area contributed by atoms with Gasteiger partial charge < -0.3 is 5.11 Å². The summed E-state index contributed by atoms with van der Waals surface area (Å²) in [5.74, 6) is 0.786. The van der Waals surface area contributed by atoms with Crippen molar-refractivity contribution in [1.29, 1.82) is 0 Å². The van der Waals surface area contributed by atoms with E-state index in [1.54, 1.807) is 0 Å². The summed E-state index contributed by atoms with van der Waals surface area (Å²) in [7, 11) is 0. The van der Waals surface area contributed by atoms with E-state index in [9.17, 15) is 5.11 Å². The normalized spacial score (nSPS) is 34.2. The fraction of sp³-hybridized carbons (Fsp3) is 0.571. The van der Waals surface area contributed by atoms with Gasteiger partial charge in [-0.25, -0.2) is 0 Å². The van der Waals surface area contributed by atoms with Gasteiger partial charge in [0.2, 0.25) is 0 Å². The van der Waals surface area contributed by atoms with E-state index in [0.717, 1.165) is 24.3 Å². The highest BCUT2D eigenvalue weighted by Gasteiger charge is 2.42. The molecule has 0 saturated heterocycles. The zero-order valence-electron chi connectivity index (χ0n) is 9.91. The molecule has 1 saturated carbocycles. The molecular formula is C14H19ClO. The minimum absolute atomic E-state index is 0.378. The standard InChI is InChI=1S/C14H19ClO/c1-10-3-6-12(14(10,2)16)9-11-4-7-13(15)8-5-11/h4-5,7-8,10,12,16H,3,6,9H2,1-2H3. The van der Waals surface area contributed by atoms with Gasteiger partial charge in [0.15, 0.2) is 0 Å². The quantitative estimate of drug-likeness (QED) is 0.834. The lowest BCUT2D eigenvalue weighted by atomic mass is 9.83. The highest BCUT2D eigenvalue weighted by Crippen LogP contribution is 2.41. The van der Waals surface area contributed by atoms with Crippen LogP contribution in [0.1, 0.15) is 32.3 Å². The molecule has 2 rings (SSSR count). The summed E-state index contributed by atoms with van der Waals surface area (Å²) in [6.07, 6.45) is 3.20. The smallest absolute Gasteiger partial charge is 0.0676 e. The van der Waals surface area contributed by atoms with Crippen molar-refractivity contribution in [3.63, 3.8) is 0 Å². The molecule has 3 unspecified atom stereocenters. The number of halogens is 1. The molecule has 0 aromatic heterocycles. The van der Waals surface area contributed by atoms with Crippen LogP contribution < -0.4 is 0 Å². The molecule has 16 heavy (non-hydrogen) atoms. The number of aliphatic hydroxyl groups is 1. The van der Waals surface area contributed by atoms with Crippen molar-refractivity contribution in [3.8, 4) is 0 Å². The zero-order valence-corrected chi connectivity index (χ0v) is 10.7. The molecule has 1 nitrogen and oxygen atoms in total. The van der Waals surface area contributed by atoms with Gasteiger partial charge in [0.1, 0.15) is 0 Å². The van der Waals surface area contributed by atoms with Crippen molar-refractivity contribution in [1.82, 2.24) is 0 Å². The monoisotopic (exact) mass is 238 g/mol. The number of hydrogen-bond donors (Lipinski definition) is 1. The third-order valence-corrected chi connectivity index (χ3v) is 4.42. The number of rotatable bonds is 2. The summed E-state index contributed by atoms with van der Waals surface area (Å²) in [6, 6.07) is 7.96. The lowest BCUT2D eigenvalue weighted by Gasteiger charge is -2.29. The van der Waals surface area contributed by atoms with Crippen LogP contribution in [0, 0.1) is 11.8 Å². The summed E-state index contributed by atoms with van der Waals surface area (Å²) in [4.78, 5) is 0. The van der Waals surface area contributed by atoms with Crippen molar-refractivity contribution in [2.45, 2.75) is 38.7 Å². The second-order valence-corrected chi connectivity index (χ2v) is 5.67. The van der Waals surface area contributed by atoms with Gasteiger partial charge in [0.25, 0.3) is 0 Å². The number of hydrogen-bond acceptors (Lipinski definition) is 1. The topological polar surface area (TPSA) is 20.2 Å². The molecule has 1 fully saturated rings. The Labute approximate surface area is 102 Å². The molecule has 0 bridgehead atoms. The van der Waals surface area contributed by atoms with Crippen LogP contribution in [0.25, 0.3) is 0 Å². The Morgan fingerprint density at radius 2 is 1.94 bits per heavy atom. The van der Waals surface area contributed by atoms with Gasteiger partial charge >= 0.3 is 0 Å². The molecule has 1 aliphatic carbocycles. The summed E-state index contributed by atoms with van der Waals surface area (Å²) in [6.45, 7) is 4.12. The Kier molecular flexibility index (Phi) is 3.27. The largest absolute Gasteiger partial charge is 0.390 e. The first-order valence-electron chi connectivity index (χ1n) is 5.97. The fourth-order valence-corrected chi connectivity index (χ4v) is 2.78. The molecule has 1 aromatic rings. The van der Waals surface area contributed by atoms with Crippen molar-refractivity contribution in [2.75, 3.05) is 0 Å². The van der Waals surface area contributed by atoms with Crippen LogP contribution in [-0.4, -0.2) is 10.7 Å². The molecule has 2 heteroatoms. The van der Waals surface area contributed by atoms with Crippen LogP contribution in [0.4, 0.5) is 0 Å². The molecule has 88 valence electrons. The van der Waals surface area contributed by atoms with Crippen LogP contribution in [-0.2, 0) is 6.42 Å². The Bertz CT molecular complexity index is 356. The molecule has 3 atom stereocenters. The Morgan fingerprint density at radius 3 is 2.44 bits per heavy atom. The van der Waals surface area contributed by atoms with E-state index in [0.29, 0.717) is 11.8 Å². The maximum atomic E-state index is 10.4. The minimum Gasteiger partial charge on any atom is -0.390 e. The van der Waals surface area contributed by atoms with Gasteiger partial charge in [0, 0.05) is 5.02 Å². The summed E-state index contributed by atoms with van der Waals surface area (Å²) in [5.41, 5.74) is 0.753. The summed E-state index contributed by atoms with van der Waals surface area (Å²) >= 11 is 5.86. The first-order chi connectivity index (χ1) is 7.50. The first-order valence-corrected chi connectivity index (χ1v) is 6.34. The van der Waals surface area contributed by atoms with Crippen molar-refractivity contribution < 1.29 is 5.11 Å². The molecule has 1 N–H and O–H groups in total. The fourth-order valence-electron chi connectivity index (χ4n) is 2.65. The first kappa shape index (κ1) is 11.9. The predicted molar refractivity (Wildman–Crippen MR) is 67.7 cm³/mol. The third kappa shape index (κ3) is 2.26. The SMILES string of the molecule is CC1CCC(Cc2ccc(Cl)cc2)C1(C)O. The van der Waals surface area contributed by atoms with E-state index in [1.807, 2.05) is 19.1 Å². The third-order valence-electron chi connectivity index (χ3n) is 4.17. The van der Waals surface area contributed by atoms with E-state index in [-0.39, 0.29) is 0 Å². The van der Waals surface area contributed by atoms with Crippen molar-refractivity contribution >= 4 is 11.6 Å². The van der Waals surface area contributed by atoms with E-state index in [4.69, 9.17) is 11.6 Å². The Balaban J connectivity index is 2.08. The van der Waals surface area contributed by atoms with E-state index >= 15 is 0 Å². The van der Waals surface area contributed by atoms with Crippen LogP contribution >= 0.6 is 11.6 Å². The van der Waals surface area contributed by atoms with Gasteiger partial charge in [-0.2, -0.15) is 0 Å². The van der Waals surface area contributed by atoms with Crippen molar-refractivity contribution in [2.24, 2.45) is 11.8 Å². The van der Waals surface area contributed by atoms with Gasteiger partial charge in [0.05, 0.1) is 5.60 Å². The lowest BCUT2D eigenvalue weighted by Crippen LogP contribution is -2.35. The van der Waals surface area contributed by atoms with E-state index in [1.165, 1.54) is 5.56 Å². The molecule has 0 spiro atoms. The second kappa shape index (κ2) is 4.38. The van der Waals surface area contributed by atoms with E-state index in [2.05, 4.69) is 19.1 Å². The van der Waals surface area contributed by atoms with Crippen LogP contribution in [0.3, 0.4) is 0 Å². The zero-order chi connectivity index (χ0) is 11.8. The van der Waals surface area contributed by atoms with Crippen molar-refractivity contribution in [3.05, 3.63) is 34.9 Å². The minimum atomic E-state index is -0.514. The highest BCUT2D eigenvalue weighted by atomic mass is 35.5. The van der Waals surface area contributed by atoms with Gasteiger partial charge in [-0.15, -0.1) is 0 Å². The molecule has 1 aromatic carbocycles. The second-order valence-electron chi connectivity index (χ2n) is 5.23. The number of benzene rings is 1. The van der Waals surface area contributed by atoms with Gasteiger partial charge in [-0.05, 0) is 55.7 Å². The molecule has 0 aliphatic heterocycles. The molecule has 0 amide bonds. The summed E-state index contributed by atoms with van der Waals surface area (Å²) in [5, 5.41) is 11.2. The maximum absolute atomic E-state index is 10.4. The highest BCUT2D eigenvalue weighted by molar-refractivity contribution is 6.30. The molecule has 0 heterocycles. The molecular weight excluding hydrogens is 220 g/mol. The molecule has 1 aliphatic rings. The maximum Gasteiger partial charge on any atom is 0.0676 e. The van der Waals surface area contributed by atoms with E-state index < -0.39 is 5.60 Å². The van der Waals surface area contributed by atoms with Gasteiger partial charge in [-0.1, -0.05) is 30.7 Å². The van der Waals surface area contributed by atoms with Crippen LogP contribution in [0.15, 0.2) is 24.3 Å². The van der Waals surface area contributed by atoms with Crippen LogP contribution in [0.5, 0.6) is 0 Å². The average Bonchev–Trinajstić information content (AvgIpc) is 2.48. The summed E-state index contributed by atoms with van der Waals surface area (Å²) < 4.78 is 0. The average molecular weight is 239 g/mol. The molecule has 0 radical (unpaired) electrons. The van der Waals surface area contributed by atoms with Gasteiger partial charge in [-0.3, -0.25) is 0 Å². The lowest BCUT2D eigenvalue weighted by molar-refractivity contribution is -0.0127. The Morgan fingerprint density at radius 1 is 1.31 bits per heavy atom.